The molecular formula is C17H20F2N4O3S2. The number of urea groups is 1. The van der Waals surface area contributed by atoms with Crippen LogP contribution >= 0.6 is 11.3 Å². The largest absolute Gasteiger partial charge is 0.324 e. The van der Waals surface area contributed by atoms with Crippen LogP contribution in [-0.4, -0.2) is 61.1 Å². The molecule has 0 aliphatic carbocycles. The van der Waals surface area contributed by atoms with Gasteiger partial charge in [-0.15, -0.1) is 0 Å². The number of benzene rings is 1. The summed E-state index contributed by atoms with van der Waals surface area (Å²) in [6, 6.07) is 2.70. The van der Waals surface area contributed by atoms with E-state index in [9.17, 15) is 22.0 Å². The summed E-state index contributed by atoms with van der Waals surface area (Å²) in [5.74, 6) is -1.40. The lowest BCUT2D eigenvalue weighted by Gasteiger charge is -2.35. The third kappa shape index (κ3) is 4.83. The predicted molar refractivity (Wildman–Crippen MR) is 104 cm³/mol. The molecule has 1 aromatic carbocycles. The first-order valence-corrected chi connectivity index (χ1v) is 11.2. The minimum Gasteiger partial charge on any atom is -0.324 e. The molecule has 152 valence electrons. The highest BCUT2D eigenvalue weighted by molar-refractivity contribution is 7.88. The molecule has 1 aliphatic heterocycles. The first-order chi connectivity index (χ1) is 13.1. The molecule has 1 N–H and O–H groups in total. The van der Waals surface area contributed by atoms with Crippen molar-refractivity contribution in [2.24, 2.45) is 0 Å². The molecule has 0 atom stereocenters. The quantitative estimate of drug-likeness (QED) is 0.809. The third-order valence-electron chi connectivity index (χ3n) is 4.61. The number of hydrogen-bond acceptors (Lipinski definition) is 5. The van der Waals surface area contributed by atoms with Gasteiger partial charge >= 0.3 is 6.03 Å². The van der Waals surface area contributed by atoms with E-state index in [2.05, 4.69) is 10.3 Å². The highest BCUT2D eigenvalue weighted by Crippen LogP contribution is 2.30. The smallest absolute Gasteiger partial charge is 0.322 e. The topological polar surface area (TPSA) is 82.6 Å². The molecule has 0 bridgehead atoms. The van der Waals surface area contributed by atoms with Gasteiger partial charge in [0.25, 0.3) is 0 Å². The molecule has 1 aliphatic rings. The number of thiazole rings is 1. The van der Waals surface area contributed by atoms with Crippen LogP contribution in [0.15, 0.2) is 24.4 Å². The maximum Gasteiger partial charge on any atom is 0.322 e. The fourth-order valence-electron chi connectivity index (χ4n) is 3.06. The number of piperidine rings is 1. The highest BCUT2D eigenvalue weighted by atomic mass is 32.2. The summed E-state index contributed by atoms with van der Waals surface area (Å²) in [6.45, 7) is 0.744. The Morgan fingerprint density at radius 1 is 1.25 bits per heavy atom. The van der Waals surface area contributed by atoms with E-state index in [-0.39, 0.29) is 12.1 Å². The molecule has 2 aromatic rings. The minimum absolute atomic E-state index is 0.0808. The number of hydrogen-bond donors (Lipinski definition) is 1. The number of anilines is 1. The Kier molecular flexibility index (Phi) is 5.96. The van der Waals surface area contributed by atoms with Crippen LogP contribution in [0.2, 0.25) is 0 Å². The maximum atomic E-state index is 13.4. The van der Waals surface area contributed by atoms with Crippen LogP contribution in [0.25, 0.3) is 10.6 Å². The second-order valence-corrected chi connectivity index (χ2v) is 9.64. The Labute approximate surface area is 166 Å². The van der Waals surface area contributed by atoms with Crippen molar-refractivity contribution in [3.05, 3.63) is 36.0 Å². The zero-order chi connectivity index (χ0) is 20.5. The van der Waals surface area contributed by atoms with Gasteiger partial charge in [0, 0.05) is 37.8 Å². The van der Waals surface area contributed by atoms with Crippen LogP contribution in [0.1, 0.15) is 12.8 Å². The monoisotopic (exact) mass is 430 g/mol. The van der Waals surface area contributed by atoms with E-state index in [0.717, 1.165) is 17.4 Å². The van der Waals surface area contributed by atoms with E-state index < -0.39 is 21.7 Å². The Morgan fingerprint density at radius 3 is 2.43 bits per heavy atom. The Balaban J connectivity index is 1.61. The number of nitrogens with zero attached hydrogens (tertiary/aromatic N) is 3. The molecule has 1 aromatic heterocycles. The SMILES string of the molecule is CN(C(=O)Nc1cnc(-c2cc(F)cc(F)c2)s1)C1CCN(S(C)(=O)=O)CC1. The number of sulfonamides is 1. The number of carbonyl (C=O) groups excluding carboxylic acids is 1. The van der Waals surface area contributed by atoms with Crippen molar-refractivity contribution in [2.75, 3.05) is 31.7 Å². The van der Waals surface area contributed by atoms with Crippen LogP contribution in [-0.2, 0) is 10.0 Å². The van der Waals surface area contributed by atoms with Crippen molar-refractivity contribution in [3.63, 3.8) is 0 Å². The summed E-state index contributed by atoms with van der Waals surface area (Å²) < 4.78 is 51.3. The zero-order valence-corrected chi connectivity index (χ0v) is 17.0. The van der Waals surface area contributed by atoms with E-state index in [4.69, 9.17) is 0 Å². The molecule has 1 saturated heterocycles. The van der Waals surface area contributed by atoms with Crippen LogP contribution in [0.5, 0.6) is 0 Å². The number of aromatic nitrogens is 1. The summed E-state index contributed by atoms with van der Waals surface area (Å²) in [7, 11) is -1.57. The fraction of sp³-hybridized carbons (Fsp3) is 0.412. The van der Waals surface area contributed by atoms with E-state index in [1.165, 1.54) is 28.9 Å². The normalized spacial score (nSPS) is 16.1. The van der Waals surface area contributed by atoms with Crippen molar-refractivity contribution >= 4 is 32.4 Å². The summed E-state index contributed by atoms with van der Waals surface area (Å²) >= 11 is 1.11. The van der Waals surface area contributed by atoms with Crippen molar-refractivity contribution < 1.29 is 22.0 Å². The van der Waals surface area contributed by atoms with Crippen molar-refractivity contribution in [1.29, 1.82) is 0 Å². The zero-order valence-electron chi connectivity index (χ0n) is 15.4. The number of amides is 2. The van der Waals surface area contributed by atoms with Crippen molar-refractivity contribution in [2.45, 2.75) is 18.9 Å². The van der Waals surface area contributed by atoms with E-state index in [1.54, 1.807) is 11.9 Å². The van der Waals surface area contributed by atoms with Crippen LogP contribution in [0.4, 0.5) is 18.6 Å². The predicted octanol–water partition coefficient (Wildman–Crippen LogP) is 2.98. The second kappa shape index (κ2) is 8.10. The number of carbonyl (C=O) groups is 1. The van der Waals surface area contributed by atoms with Gasteiger partial charge in [0.15, 0.2) is 0 Å². The van der Waals surface area contributed by atoms with E-state index >= 15 is 0 Å². The lowest BCUT2D eigenvalue weighted by atomic mass is 10.1. The van der Waals surface area contributed by atoms with Crippen LogP contribution in [0, 0.1) is 11.6 Å². The first kappa shape index (κ1) is 20.6. The fourth-order valence-corrected chi connectivity index (χ4v) is 4.73. The number of rotatable bonds is 4. The summed E-state index contributed by atoms with van der Waals surface area (Å²) in [4.78, 5) is 18.1. The van der Waals surface area contributed by atoms with E-state index in [1.807, 2.05) is 0 Å². The van der Waals surface area contributed by atoms with Gasteiger partial charge < -0.3 is 4.90 Å². The van der Waals surface area contributed by atoms with Gasteiger partial charge in [0.2, 0.25) is 10.0 Å². The molecular weight excluding hydrogens is 410 g/mol. The maximum absolute atomic E-state index is 13.4. The van der Waals surface area contributed by atoms with Gasteiger partial charge in [0.05, 0.1) is 12.5 Å². The summed E-state index contributed by atoms with van der Waals surface area (Å²) in [5.41, 5.74) is 0.296. The van der Waals surface area contributed by atoms with Crippen LogP contribution in [0.3, 0.4) is 0 Å². The van der Waals surface area contributed by atoms with Crippen LogP contribution < -0.4 is 5.32 Å². The average molecular weight is 431 g/mol. The van der Waals surface area contributed by atoms with Gasteiger partial charge in [0.1, 0.15) is 21.6 Å². The molecule has 7 nitrogen and oxygen atoms in total. The minimum atomic E-state index is -3.22. The van der Waals surface area contributed by atoms with Crippen molar-refractivity contribution in [3.8, 4) is 10.6 Å². The summed E-state index contributed by atoms with van der Waals surface area (Å²) in [5, 5.41) is 3.56. The number of halogens is 2. The Morgan fingerprint density at radius 2 is 1.86 bits per heavy atom. The molecule has 28 heavy (non-hydrogen) atoms. The van der Waals surface area contributed by atoms with E-state index in [0.29, 0.717) is 41.5 Å². The standard InChI is InChI=1S/C17H20F2N4O3S2/c1-22(14-3-5-23(6-4-14)28(2,25)26)17(24)21-15-10-20-16(27-15)11-7-12(18)9-13(19)8-11/h7-10,14H,3-6H2,1-2H3,(H,21,24). The molecule has 2 amide bonds. The molecule has 0 saturated carbocycles. The lowest BCUT2D eigenvalue weighted by molar-refractivity contribution is 0.174. The molecule has 0 spiro atoms. The van der Waals surface area contributed by atoms with Gasteiger partial charge in [-0.1, -0.05) is 11.3 Å². The lowest BCUT2D eigenvalue weighted by Crippen LogP contribution is -2.48. The highest BCUT2D eigenvalue weighted by Gasteiger charge is 2.29. The molecule has 0 radical (unpaired) electrons. The first-order valence-electron chi connectivity index (χ1n) is 8.54. The molecule has 2 heterocycles. The van der Waals surface area contributed by atoms with Gasteiger partial charge in [-0.25, -0.2) is 31.3 Å². The number of nitrogens with one attached hydrogen (secondary N) is 1. The van der Waals surface area contributed by atoms with Gasteiger partial charge in [-0.05, 0) is 25.0 Å². The van der Waals surface area contributed by atoms with Gasteiger partial charge in [-0.3, -0.25) is 5.32 Å². The Bertz CT molecular complexity index is 952. The molecule has 3 rings (SSSR count). The molecule has 1 fully saturated rings. The summed E-state index contributed by atoms with van der Waals surface area (Å²) in [6.07, 6.45) is 3.71. The van der Waals surface area contributed by atoms with Crippen molar-refractivity contribution in [1.82, 2.24) is 14.2 Å². The average Bonchev–Trinajstić information content (AvgIpc) is 3.08. The second-order valence-electron chi connectivity index (χ2n) is 6.62. The molecule has 0 unspecified atom stereocenters. The third-order valence-corrected chi connectivity index (χ3v) is 6.87. The van der Waals surface area contributed by atoms with Gasteiger partial charge in [-0.2, -0.15) is 0 Å². The molecule has 11 heteroatoms. The Hall–Kier alpha value is -2.11.